The highest BCUT2D eigenvalue weighted by Gasteiger charge is 2.56. The van der Waals surface area contributed by atoms with Gasteiger partial charge in [0, 0.05) is 12.8 Å². The lowest BCUT2D eigenvalue weighted by Gasteiger charge is -2.46. The van der Waals surface area contributed by atoms with Crippen LogP contribution in [-0.2, 0) is 56.7 Å². The van der Waals surface area contributed by atoms with Crippen LogP contribution in [0.1, 0.15) is 323 Å². The SMILES string of the molecule is CCCCCCCCCCCCCCCCCC(=O)O[C@H](CCCCCCCCCCCCCCC)CC(=O)N[C@H]1[C@H](OC[C@H]2O[C@H](OP(=O)(O)O)[C@H](NC(=O)C[C@H](O)CCCCCCCCCCCCCCC)[C@@H](O)[C@@H]2O)O[C@H](CO[C@]2(C(=O)O)C[C@@H](O)[C@@H](O)[C@@H]([C@H](O)CO)O2)[C@@H](O)[C@@H]1O. The number of aliphatic carboxylic acids is 1. The highest BCUT2D eigenvalue weighted by atomic mass is 31.2. The molecule has 0 aliphatic carbocycles. The molecular weight excluding hydrogens is 1330 g/mol. The molecule has 3 aliphatic rings. The van der Waals surface area contributed by atoms with Crippen LogP contribution in [0.4, 0.5) is 0 Å². The minimum atomic E-state index is -5.51. The zero-order chi connectivity index (χ0) is 74.3. The predicted octanol–water partition coefficient (Wildman–Crippen LogP) is 9.91. The van der Waals surface area contributed by atoms with Crippen LogP contribution in [0.2, 0.25) is 0 Å². The molecule has 17 atom stereocenters. The van der Waals surface area contributed by atoms with Gasteiger partial charge in [-0.25, -0.2) is 9.36 Å². The quantitative estimate of drug-likeness (QED) is 0.0153. The summed E-state index contributed by atoms with van der Waals surface area (Å²) < 4.78 is 52.3. The van der Waals surface area contributed by atoms with Crippen LogP contribution in [0.25, 0.3) is 0 Å². The number of hydrogen-bond acceptors (Lipinski definition) is 21. The summed E-state index contributed by atoms with van der Waals surface area (Å²) in [5.41, 5.74) is 0. The van der Waals surface area contributed by atoms with Crippen molar-refractivity contribution in [1.82, 2.24) is 10.6 Å². The number of phosphoric acid groups is 1. The van der Waals surface area contributed by atoms with E-state index in [1.54, 1.807) is 0 Å². The molecule has 3 saturated heterocycles. The number of unbranched alkanes of at least 4 members (excludes halogenated alkanes) is 38. The number of ether oxygens (including phenoxy) is 6. The Labute approximate surface area is 603 Å². The van der Waals surface area contributed by atoms with Gasteiger partial charge in [-0.1, -0.05) is 271 Å². The molecule has 0 bridgehead atoms. The van der Waals surface area contributed by atoms with Gasteiger partial charge in [-0.2, -0.15) is 0 Å². The fourth-order valence-corrected chi connectivity index (χ4v) is 14.2. The van der Waals surface area contributed by atoms with E-state index in [0.717, 1.165) is 83.5 Å². The second kappa shape index (κ2) is 54.9. The van der Waals surface area contributed by atoms with Crippen LogP contribution < -0.4 is 10.6 Å². The van der Waals surface area contributed by atoms with Gasteiger partial charge in [0.1, 0.15) is 73.1 Å². The molecule has 101 heavy (non-hydrogen) atoms. The standard InChI is InChI=1S/C74H139N2O24P/c1-4-7-10-13-16-19-22-25-26-29-32-35-38-41-44-47-62(83)96-55(46-43-40-37-34-31-28-24-21-18-15-12-9-6-3)49-61(82)76-63-68(87)67(86)59(53-95-74(73(89)90)50-56(79)65(84)70(99-74)57(80)51-77)97-71(63)94-52-58-66(85)69(88)64(72(98-58)100-101(91,92)93)75-60(81)48-54(78)45-42-39-36-33-30-27-23-20-17-14-11-8-5-2/h54-59,63-72,77-80,84-88H,4-53H2,1-3H3,(H,75,81)(H,76,82)(H,89,90)(H2,91,92,93)/t54-,55-,56-,57-,58-,59-,63-,64-,65-,66-,67-,68-,69-,70-,71-,72-,74-/m1/s1. The largest absolute Gasteiger partial charge is 0.477 e. The number of aliphatic hydroxyl groups excluding tert-OH is 9. The molecule has 14 N–H and O–H groups in total. The summed E-state index contributed by atoms with van der Waals surface area (Å²) in [7, 11) is -5.51. The number of aliphatic hydroxyl groups is 9. The molecule has 0 spiro atoms. The molecule has 3 rings (SSSR count). The lowest BCUT2D eigenvalue weighted by atomic mass is 9.92. The van der Waals surface area contributed by atoms with Gasteiger partial charge < -0.3 is 99.9 Å². The molecule has 0 aromatic carbocycles. The first-order valence-corrected chi connectivity index (χ1v) is 41.1. The summed E-state index contributed by atoms with van der Waals surface area (Å²) in [6.07, 6.45) is 19.4. The van der Waals surface area contributed by atoms with E-state index >= 15 is 0 Å². The molecule has 26 nitrogen and oxygen atoms in total. The van der Waals surface area contributed by atoms with Crippen molar-refractivity contribution in [2.24, 2.45) is 0 Å². The Morgan fingerprint density at radius 1 is 0.495 bits per heavy atom. The van der Waals surface area contributed by atoms with Gasteiger partial charge in [0.2, 0.25) is 11.8 Å². The lowest BCUT2D eigenvalue weighted by molar-refractivity contribution is -0.341. The van der Waals surface area contributed by atoms with Gasteiger partial charge in [-0.15, -0.1) is 0 Å². The third kappa shape index (κ3) is 39.2. The van der Waals surface area contributed by atoms with Crippen molar-refractivity contribution >= 4 is 31.6 Å². The van der Waals surface area contributed by atoms with E-state index in [9.17, 15) is 84.6 Å². The molecule has 0 aromatic rings. The first kappa shape index (κ1) is 92.6. The summed E-state index contributed by atoms with van der Waals surface area (Å²) in [5.74, 6) is -6.91. The van der Waals surface area contributed by atoms with Crippen LogP contribution in [0, 0.1) is 0 Å². The average Bonchev–Trinajstić information content (AvgIpc) is 0.776. The second-order valence-electron chi connectivity index (χ2n) is 29.1. The average molecular weight is 1470 g/mol. The Balaban J connectivity index is 1.77. The summed E-state index contributed by atoms with van der Waals surface area (Å²) in [4.78, 5) is 74.0. The Hall–Kier alpha value is -2.57. The predicted molar refractivity (Wildman–Crippen MR) is 380 cm³/mol. The molecule has 27 heteroatoms. The number of carbonyl (C=O) groups excluding carboxylic acids is 3. The van der Waals surface area contributed by atoms with E-state index in [-0.39, 0.29) is 12.8 Å². The van der Waals surface area contributed by atoms with E-state index in [1.165, 1.54) is 161 Å². The third-order valence-corrected chi connectivity index (χ3v) is 20.5. The third-order valence-electron chi connectivity index (χ3n) is 20.0. The van der Waals surface area contributed by atoms with Crippen LogP contribution in [-0.4, -0.2) is 208 Å². The van der Waals surface area contributed by atoms with Gasteiger partial charge in [0.25, 0.3) is 5.79 Å². The number of carboxylic acids is 1. The number of nitrogens with one attached hydrogen (secondary N) is 2. The first-order valence-electron chi connectivity index (χ1n) is 39.6. The number of carbonyl (C=O) groups is 4. The van der Waals surface area contributed by atoms with E-state index < -0.39 is 174 Å². The molecule has 3 fully saturated rings. The van der Waals surface area contributed by atoms with Crippen molar-refractivity contribution in [3.8, 4) is 0 Å². The van der Waals surface area contributed by atoms with Gasteiger partial charge in [0.05, 0.1) is 44.9 Å². The maximum Gasteiger partial charge on any atom is 0.472 e. The molecule has 0 radical (unpaired) electrons. The van der Waals surface area contributed by atoms with Crippen molar-refractivity contribution in [3.05, 3.63) is 0 Å². The van der Waals surface area contributed by atoms with Gasteiger partial charge in [-0.3, -0.25) is 18.9 Å². The molecular formula is C74H139N2O24P. The highest BCUT2D eigenvalue weighted by Crippen LogP contribution is 2.41. The summed E-state index contributed by atoms with van der Waals surface area (Å²) in [6, 6.07) is -3.60. The maximum absolute atomic E-state index is 14.3. The Kier molecular flexibility index (Phi) is 50.4. The van der Waals surface area contributed by atoms with Crippen molar-refractivity contribution < 1.29 is 118 Å². The molecule has 3 heterocycles. The fourth-order valence-electron chi connectivity index (χ4n) is 13.8. The molecule has 0 aromatic heterocycles. The molecule has 0 saturated carbocycles. The summed E-state index contributed by atoms with van der Waals surface area (Å²) in [6.45, 7) is 3.67. The second-order valence-corrected chi connectivity index (χ2v) is 30.3. The van der Waals surface area contributed by atoms with E-state index in [2.05, 4.69) is 31.4 Å². The van der Waals surface area contributed by atoms with Crippen LogP contribution in [0.15, 0.2) is 0 Å². The van der Waals surface area contributed by atoms with E-state index in [0.29, 0.717) is 25.7 Å². The Morgan fingerprint density at radius 2 is 0.871 bits per heavy atom. The number of esters is 1. The van der Waals surface area contributed by atoms with Gasteiger partial charge in [0.15, 0.2) is 12.6 Å². The minimum Gasteiger partial charge on any atom is -0.477 e. The number of rotatable bonds is 62. The molecule has 594 valence electrons. The number of amides is 2. The van der Waals surface area contributed by atoms with Gasteiger partial charge >= 0.3 is 19.8 Å². The summed E-state index contributed by atoms with van der Waals surface area (Å²) in [5, 5.41) is 114. The van der Waals surface area contributed by atoms with E-state index in [1.807, 2.05) is 0 Å². The molecule has 2 amide bonds. The van der Waals surface area contributed by atoms with Crippen molar-refractivity contribution in [3.63, 3.8) is 0 Å². The number of phosphoric ester groups is 1. The summed E-state index contributed by atoms with van der Waals surface area (Å²) >= 11 is 0. The van der Waals surface area contributed by atoms with Crippen LogP contribution in [0.3, 0.4) is 0 Å². The van der Waals surface area contributed by atoms with Crippen molar-refractivity contribution in [1.29, 1.82) is 0 Å². The lowest BCUT2D eigenvalue weighted by Crippen LogP contribution is -2.67. The van der Waals surface area contributed by atoms with Crippen molar-refractivity contribution in [2.75, 3.05) is 19.8 Å². The minimum absolute atomic E-state index is 0.131. The first-order chi connectivity index (χ1) is 48.5. The Morgan fingerprint density at radius 3 is 1.29 bits per heavy atom. The normalized spacial score (nSPS) is 26.5. The smallest absolute Gasteiger partial charge is 0.472 e. The van der Waals surface area contributed by atoms with Gasteiger partial charge in [-0.05, 0) is 25.7 Å². The fraction of sp³-hybridized carbons (Fsp3) is 0.946. The molecule has 3 aliphatic heterocycles. The Bertz CT molecular complexity index is 2190. The monoisotopic (exact) mass is 1470 g/mol. The zero-order valence-electron chi connectivity index (χ0n) is 61.8. The molecule has 0 unspecified atom stereocenters. The number of hydrogen-bond donors (Lipinski definition) is 14. The highest BCUT2D eigenvalue weighted by molar-refractivity contribution is 7.46. The number of carboxylic acid groups (broad SMARTS) is 1. The van der Waals surface area contributed by atoms with Crippen LogP contribution >= 0.6 is 7.82 Å². The zero-order valence-corrected chi connectivity index (χ0v) is 62.7. The van der Waals surface area contributed by atoms with E-state index in [4.69, 9.17) is 32.9 Å². The maximum atomic E-state index is 14.3. The van der Waals surface area contributed by atoms with Crippen molar-refractivity contribution in [2.45, 2.75) is 426 Å². The van der Waals surface area contributed by atoms with Crippen LogP contribution in [0.5, 0.6) is 0 Å². The topological polar surface area (TPSA) is 417 Å².